The maximum absolute atomic E-state index is 12.3. The number of thiophene rings is 2. The number of carbonyl (C=O) groups excluding carboxylic acids is 4. The molecule has 2 N–H and O–H groups in total. The van der Waals surface area contributed by atoms with Crippen LogP contribution in [0.2, 0.25) is 0 Å². The van der Waals surface area contributed by atoms with E-state index >= 15 is 0 Å². The van der Waals surface area contributed by atoms with Gasteiger partial charge in [-0.2, -0.15) is 32.3 Å². The molecule has 0 aliphatic rings. The smallest absolute Gasteiger partial charge is 0.462 e. The molecule has 2 heterocycles. The van der Waals surface area contributed by atoms with Crippen LogP contribution >= 0.6 is 54.5 Å². The fourth-order valence-electron chi connectivity index (χ4n) is 4.29. The van der Waals surface area contributed by atoms with E-state index in [2.05, 4.69) is 73.8 Å². The van der Waals surface area contributed by atoms with E-state index < -0.39 is 13.1 Å². The van der Waals surface area contributed by atoms with Crippen molar-refractivity contribution in [1.29, 1.82) is 0 Å². The van der Waals surface area contributed by atoms with Crippen molar-refractivity contribution in [1.82, 2.24) is 0 Å². The van der Waals surface area contributed by atoms with Gasteiger partial charge in [-0.3, -0.25) is 0 Å². The summed E-state index contributed by atoms with van der Waals surface area (Å²) >= 11 is 9.99. The maximum Gasteiger partial charge on any atom is 0.489 e. The Bertz CT molecular complexity index is 1770. The van der Waals surface area contributed by atoms with Gasteiger partial charge in [-0.15, -0.1) is 0 Å². The van der Waals surface area contributed by atoms with Crippen LogP contribution < -0.4 is 5.46 Å². The van der Waals surface area contributed by atoms with Crippen molar-refractivity contribution in [2.45, 2.75) is 27.2 Å². The Labute approximate surface area is 304 Å². The van der Waals surface area contributed by atoms with E-state index in [1.54, 1.807) is 41.7 Å². The third kappa shape index (κ3) is 12.1. The van der Waals surface area contributed by atoms with Crippen molar-refractivity contribution in [3.05, 3.63) is 120 Å². The molecule has 0 bridgehead atoms. The van der Waals surface area contributed by atoms with Crippen molar-refractivity contribution < 1.29 is 38.7 Å². The SMILES string of the molecule is Brc1cscc1Br.CCOC(=O)c1ccccc1-c1cscc1-c1ccccc1CC.CCOC(=O)c1ccccc1B(O)O.O=C=O. The second-order valence-corrected chi connectivity index (χ2v) is 12.5. The van der Waals surface area contributed by atoms with Gasteiger partial charge in [0.15, 0.2) is 0 Å². The molecule has 250 valence electrons. The maximum atomic E-state index is 12.3. The number of hydrogen-bond donors (Lipinski definition) is 2. The first-order chi connectivity index (χ1) is 23.1. The molecule has 0 unspecified atom stereocenters. The van der Waals surface area contributed by atoms with E-state index in [1.807, 2.05) is 41.9 Å². The summed E-state index contributed by atoms with van der Waals surface area (Å²) in [6.07, 6.45) is 1.23. The van der Waals surface area contributed by atoms with Crippen LogP contribution in [0.25, 0.3) is 22.3 Å². The predicted molar refractivity (Wildman–Crippen MR) is 197 cm³/mol. The third-order valence-electron chi connectivity index (χ3n) is 6.37. The van der Waals surface area contributed by atoms with Crippen molar-refractivity contribution in [2.75, 3.05) is 13.2 Å². The van der Waals surface area contributed by atoms with Crippen LogP contribution in [0.4, 0.5) is 0 Å². The molecule has 0 radical (unpaired) electrons. The zero-order valence-electron chi connectivity index (χ0n) is 26.4. The first-order valence-electron chi connectivity index (χ1n) is 14.5. The Balaban J connectivity index is 0.000000279. The summed E-state index contributed by atoms with van der Waals surface area (Å²) in [5.41, 5.74) is 6.70. The Morgan fingerprint density at radius 3 is 1.60 bits per heavy atom. The standard InChI is InChI=1S/C21H20O2S.C9H11BO4.C4H2Br2S.CO2/c1-3-15-9-5-6-10-16(15)19-13-24-14-20(19)17-11-7-8-12-18(17)21(22)23-4-2;1-2-14-9(11)7-5-3-4-6-8(7)10(12)13;5-3-1-7-2-4(3)6;2-1-3/h5-14H,3-4H2,1-2H3;3-6,12-13H,2H2,1H3;1-2H;. The molecule has 5 rings (SSSR count). The zero-order valence-corrected chi connectivity index (χ0v) is 31.2. The molecule has 2 aromatic heterocycles. The van der Waals surface area contributed by atoms with Crippen molar-refractivity contribution in [3.8, 4) is 22.3 Å². The second-order valence-electron chi connectivity index (χ2n) is 9.31. The molecule has 0 spiro atoms. The summed E-state index contributed by atoms with van der Waals surface area (Å²) in [6.45, 7) is 6.32. The van der Waals surface area contributed by atoms with Crippen LogP contribution in [0.15, 0.2) is 103 Å². The minimum absolute atomic E-state index is 0.158. The number of ether oxygens (including phenoxy) is 2. The second kappa shape index (κ2) is 22.1. The van der Waals surface area contributed by atoms with Crippen LogP contribution in [-0.2, 0) is 25.5 Å². The summed E-state index contributed by atoms with van der Waals surface area (Å²) in [6, 6.07) is 22.3. The van der Waals surface area contributed by atoms with E-state index in [9.17, 15) is 9.59 Å². The van der Waals surface area contributed by atoms with E-state index in [1.165, 1.54) is 28.8 Å². The lowest BCUT2D eigenvalue weighted by atomic mass is 9.77. The average Bonchev–Trinajstić information content (AvgIpc) is 3.74. The zero-order chi connectivity index (χ0) is 35.5. The fraction of sp³-hybridized carbons (Fsp3) is 0.171. The van der Waals surface area contributed by atoms with Crippen molar-refractivity contribution in [3.63, 3.8) is 0 Å². The monoisotopic (exact) mass is 814 g/mol. The summed E-state index contributed by atoms with van der Waals surface area (Å²) in [4.78, 5) is 39.9. The lowest BCUT2D eigenvalue weighted by molar-refractivity contribution is -0.191. The Hall–Kier alpha value is -3.68. The molecule has 0 aliphatic carbocycles. The van der Waals surface area contributed by atoms with Gasteiger partial charge < -0.3 is 19.5 Å². The highest BCUT2D eigenvalue weighted by molar-refractivity contribution is 9.13. The molecule has 8 nitrogen and oxygen atoms in total. The van der Waals surface area contributed by atoms with E-state index in [0.717, 1.165) is 26.5 Å². The molecule has 0 atom stereocenters. The predicted octanol–water partition coefficient (Wildman–Crippen LogP) is 8.05. The molecular formula is C35H33BBr2O8S2. The van der Waals surface area contributed by atoms with Crippen molar-refractivity contribution in [2.24, 2.45) is 0 Å². The largest absolute Gasteiger partial charge is 0.489 e. The minimum Gasteiger partial charge on any atom is -0.462 e. The molecule has 0 amide bonds. The molecule has 0 aliphatic heterocycles. The number of halogens is 2. The first-order valence-corrected chi connectivity index (χ1v) is 18.0. The van der Waals surface area contributed by atoms with Crippen LogP contribution in [0.3, 0.4) is 0 Å². The van der Waals surface area contributed by atoms with Gasteiger partial charge in [0, 0.05) is 30.8 Å². The lowest BCUT2D eigenvalue weighted by Crippen LogP contribution is -2.35. The highest BCUT2D eigenvalue weighted by atomic mass is 79.9. The minimum atomic E-state index is -1.66. The number of hydrogen-bond acceptors (Lipinski definition) is 10. The summed E-state index contributed by atoms with van der Waals surface area (Å²) in [5, 5.41) is 26.3. The number of carbonyl (C=O) groups is 2. The van der Waals surface area contributed by atoms with E-state index in [4.69, 9.17) is 29.1 Å². The van der Waals surface area contributed by atoms with E-state index in [0.29, 0.717) is 12.2 Å². The molecule has 48 heavy (non-hydrogen) atoms. The first kappa shape index (κ1) is 40.5. The lowest BCUT2D eigenvalue weighted by Gasteiger charge is -2.12. The number of rotatable bonds is 8. The van der Waals surface area contributed by atoms with Gasteiger partial charge in [0.25, 0.3) is 0 Å². The van der Waals surface area contributed by atoms with Crippen LogP contribution in [0.1, 0.15) is 47.1 Å². The Morgan fingerprint density at radius 2 is 1.10 bits per heavy atom. The van der Waals surface area contributed by atoms with Gasteiger partial charge >= 0.3 is 25.2 Å². The summed E-state index contributed by atoms with van der Waals surface area (Å²) in [5.74, 6) is -0.815. The molecule has 5 aromatic rings. The quantitative estimate of drug-likeness (QED) is 0.119. The average molecular weight is 816 g/mol. The molecule has 3 aromatic carbocycles. The summed E-state index contributed by atoms with van der Waals surface area (Å²) < 4.78 is 12.3. The summed E-state index contributed by atoms with van der Waals surface area (Å²) in [7, 11) is -1.66. The highest BCUT2D eigenvalue weighted by Gasteiger charge is 2.20. The Morgan fingerprint density at radius 1 is 0.667 bits per heavy atom. The van der Waals surface area contributed by atoms with E-state index in [-0.39, 0.29) is 29.8 Å². The molecule has 0 saturated carbocycles. The Kier molecular flexibility index (Phi) is 18.6. The van der Waals surface area contributed by atoms with Gasteiger partial charge in [-0.1, -0.05) is 67.6 Å². The molecule has 0 saturated heterocycles. The van der Waals surface area contributed by atoms with Crippen LogP contribution in [0, 0.1) is 0 Å². The number of esters is 2. The fourth-order valence-corrected chi connectivity index (χ4v) is 6.88. The van der Waals surface area contributed by atoms with Gasteiger partial charge in [-0.25, -0.2) is 9.59 Å². The molecule has 13 heteroatoms. The topological polar surface area (TPSA) is 127 Å². The van der Waals surface area contributed by atoms with Gasteiger partial charge in [0.05, 0.1) is 24.3 Å². The highest BCUT2D eigenvalue weighted by Crippen LogP contribution is 2.38. The third-order valence-corrected chi connectivity index (χ3v) is 10.3. The van der Waals surface area contributed by atoms with Gasteiger partial charge in [0.1, 0.15) is 0 Å². The molecular weight excluding hydrogens is 783 g/mol. The van der Waals surface area contributed by atoms with Gasteiger partial charge in [-0.05, 0) is 97.2 Å². The van der Waals surface area contributed by atoms with Gasteiger partial charge in [0.2, 0.25) is 0 Å². The number of benzene rings is 3. The normalized spacial score (nSPS) is 9.65. The van der Waals surface area contributed by atoms with Crippen molar-refractivity contribution >= 4 is 85.2 Å². The number of aryl methyl sites for hydroxylation is 1. The van der Waals surface area contributed by atoms with Crippen LogP contribution in [0.5, 0.6) is 0 Å². The molecule has 0 fully saturated rings. The van der Waals surface area contributed by atoms with Crippen LogP contribution in [-0.4, -0.2) is 48.5 Å².